The molecule has 0 radical (unpaired) electrons. The highest BCUT2D eigenvalue weighted by molar-refractivity contribution is 5.98. The average molecular weight is 1020 g/mol. The van der Waals surface area contributed by atoms with Crippen molar-refractivity contribution in [2.24, 2.45) is 5.92 Å². The molecule has 6 amide bonds. The molecule has 4 aromatic rings. The largest absolute Gasteiger partial charge is 0.481 e. The first kappa shape index (κ1) is 56.8. The van der Waals surface area contributed by atoms with Crippen LogP contribution in [0.15, 0.2) is 85.1 Å². The van der Waals surface area contributed by atoms with E-state index < -0.39 is 140 Å². The predicted molar refractivity (Wildman–Crippen MR) is 253 cm³/mol. The standard InChI is InChI=1S/C49H54FN7O16/c50-39-24-32(18-20-51-39)44(65)54-36(47(69)70)15-14-34(58)23-33(25-41(61)62)42(63)53-26-27-8-12-30(13-9-27)43(64)55-38(22-28-10-11-29-5-1-2-6-31(29)21-28)45(66)52-19-4-3-7-35(46(67)68)56-49(73)57-37(48(71)72)16-17-40(59)60/h1-2,5-6,8-13,18,20-21,24,33,35-38H,3-4,7,14-17,19,22-23,25-26H2,(H,52,66)(H,53,63)(H,54,65)(H,55,64)(H,59,60)(H,61,62)(H,67,68)(H,69,70)(H,71,72)(H2,56,57,73)/i50-1. The number of unbranched alkanes of at least 4 members (excludes halogenated alkanes) is 1. The molecule has 0 aliphatic rings. The number of hydrogen-bond donors (Lipinski definition) is 11. The number of carbonyl (C=O) groups excluding carboxylic acids is 6. The maximum Gasteiger partial charge on any atom is 0.326 e. The summed E-state index contributed by atoms with van der Waals surface area (Å²) in [4.78, 5) is 139. The molecule has 1 heterocycles. The third-order valence-corrected chi connectivity index (χ3v) is 11.2. The van der Waals surface area contributed by atoms with E-state index in [0.717, 1.165) is 29.1 Å². The Bertz CT molecular complexity index is 2680. The molecule has 0 saturated heterocycles. The molecule has 4 rings (SSSR count). The normalized spacial score (nSPS) is 12.9. The fourth-order valence-electron chi connectivity index (χ4n) is 7.30. The molecule has 23 nitrogen and oxygen atoms in total. The number of pyridine rings is 1. The van der Waals surface area contributed by atoms with Crippen LogP contribution in [0.5, 0.6) is 0 Å². The Morgan fingerprint density at radius 2 is 1.12 bits per heavy atom. The number of benzene rings is 3. The molecule has 5 unspecified atom stereocenters. The molecule has 1 aromatic heterocycles. The molecule has 0 spiro atoms. The summed E-state index contributed by atoms with van der Waals surface area (Å²) in [5, 5.41) is 63.1. The van der Waals surface area contributed by atoms with E-state index in [1.54, 1.807) is 0 Å². The topological polar surface area (TPSA) is 374 Å². The van der Waals surface area contributed by atoms with Gasteiger partial charge in [-0.1, -0.05) is 54.6 Å². The number of Topliss-reactive ketones (excluding diaryl/α,β-unsaturated/α-hetero) is 1. The Labute approximate surface area is 415 Å². The van der Waals surface area contributed by atoms with E-state index in [2.05, 4.69) is 31.6 Å². The molecule has 0 saturated carbocycles. The summed E-state index contributed by atoms with van der Waals surface area (Å²) in [6, 6.07) is 14.0. The highest BCUT2D eigenvalue weighted by Gasteiger charge is 2.29. The molecule has 388 valence electrons. The minimum absolute atomic E-state index is 0.0299. The van der Waals surface area contributed by atoms with Crippen molar-refractivity contribution in [3.8, 4) is 0 Å². The zero-order valence-corrected chi connectivity index (χ0v) is 39.0. The van der Waals surface area contributed by atoms with Crippen molar-refractivity contribution in [3.63, 3.8) is 0 Å². The molecule has 24 heteroatoms. The van der Waals surface area contributed by atoms with E-state index in [1.165, 1.54) is 24.3 Å². The quantitative estimate of drug-likeness (QED) is 0.0264. The first-order valence-electron chi connectivity index (χ1n) is 22.7. The molecular weight excluding hydrogens is 961 g/mol. The van der Waals surface area contributed by atoms with Gasteiger partial charge in [-0.15, -0.1) is 0 Å². The van der Waals surface area contributed by atoms with Crippen LogP contribution in [0.3, 0.4) is 0 Å². The number of hydrogen-bond acceptors (Lipinski definition) is 12. The highest BCUT2D eigenvalue weighted by atomic mass is 18.2. The van der Waals surface area contributed by atoms with Gasteiger partial charge in [0.05, 0.1) is 12.3 Å². The lowest BCUT2D eigenvalue weighted by Gasteiger charge is -2.20. The van der Waals surface area contributed by atoms with Gasteiger partial charge in [-0.05, 0) is 72.2 Å². The minimum atomic E-state index is -1.58. The zero-order valence-electron chi connectivity index (χ0n) is 39.0. The first-order chi connectivity index (χ1) is 34.7. The molecule has 0 bridgehead atoms. The van der Waals surface area contributed by atoms with Crippen molar-refractivity contribution in [1.82, 2.24) is 36.9 Å². The Balaban J connectivity index is 1.33. The Morgan fingerprint density at radius 3 is 1.75 bits per heavy atom. The van der Waals surface area contributed by atoms with Gasteiger partial charge in [-0.3, -0.25) is 33.6 Å². The summed E-state index contributed by atoms with van der Waals surface area (Å²) >= 11 is 0. The van der Waals surface area contributed by atoms with Crippen molar-refractivity contribution in [2.45, 2.75) is 94.9 Å². The van der Waals surface area contributed by atoms with Gasteiger partial charge in [0.2, 0.25) is 17.8 Å². The fraction of sp³-hybridized carbons (Fsp3) is 0.347. The SMILES string of the molecule is O=C(O)CCC(NC(=O)NC(CCCCNC(=O)C(Cc1ccc2ccccc2c1)NC(=O)c1ccc(CNC(=O)C(CC(=O)O)CC(=O)CCC(NC(=O)c2ccnc([18F])c2)C(=O)O)cc1)C(=O)O)C(=O)O. The van der Waals surface area contributed by atoms with Crippen LogP contribution in [0.1, 0.15) is 89.6 Å². The van der Waals surface area contributed by atoms with Crippen LogP contribution in [-0.4, -0.2) is 127 Å². The van der Waals surface area contributed by atoms with Crippen molar-refractivity contribution >= 4 is 76.1 Å². The van der Waals surface area contributed by atoms with Crippen LogP contribution in [-0.2, 0) is 51.3 Å². The second-order valence-electron chi connectivity index (χ2n) is 16.8. The number of carboxylic acids is 5. The van der Waals surface area contributed by atoms with Gasteiger partial charge in [-0.2, -0.15) is 4.39 Å². The van der Waals surface area contributed by atoms with Gasteiger partial charge in [0.25, 0.3) is 11.8 Å². The number of carboxylic acid groups (broad SMARTS) is 5. The molecule has 73 heavy (non-hydrogen) atoms. The summed E-state index contributed by atoms with van der Waals surface area (Å²) in [7, 11) is 0. The zero-order chi connectivity index (χ0) is 53.6. The van der Waals surface area contributed by atoms with E-state index in [-0.39, 0.29) is 49.9 Å². The number of carbonyl (C=O) groups is 11. The molecule has 0 fully saturated rings. The summed E-state index contributed by atoms with van der Waals surface area (Å²) in [5.74, 6) is -13.0. The predicted octanol–water partition coefficient (Wildman–Crippen LogP) is 2.40. The summed E-state index contributed by atoms with van der Waals surface area (Å²) in [6.07, 6.45) is -1.81. The van der Waals surface area contributed by atoms with Gasteiger partial charge < -0.3 is 57.4 Å². The molecule has 3 aromatic carbocycles. The highest BCUT2D eigenvalue weighted by Crippen LogP contribution is 2.18. The molecule has 0 aliphatic heterocycles. The summed E-state index contributed by atoms with van der Waals surface area (Å²) in [5.41, 5.74) is 1.09. The molecule has 5 atom stereocenters. The van der Waals surface area contributed by atoms with E-state index in [0.29, 0.717) is 11.1 Å². The van der Waals surface area contributed by atoms with Crippen LogP contribution in [0, 0.1) is 11.9 Å². The first-order valence-corrected chi connectivity index (χ1v) is 22.7. The second-order valence-corrected chi connectivity index (χ2v) is 16.8. The number of rotatable bonds is 30. The van der Waals surface area contributed by atoms with E-state index in [1.807, 2.05) is 47.8 Å². The number of aromatic nitrogens is 1. The van der Waals surface area contributed by atoms with Crippen LogP contribution in [0.2, 0.25) is 0 Å². The van der Waals surface area contributed by atoms with E-state index >= 15 is 0 Å². The van der Waals surface area contributed by atoms with Gasteiger partial charge in [0.15, 0.2) is 0 Å². The van der Waals surface area contributed by atoms with Crippen LogP contribution in [0.25, 0.3) is 10.8 Å². The van der Waals surface area contributed by atoms with Gasteiger partial charge >= 0.3 is 35.9 Å². The smallest absolute Gasteiger partial charge is 0.326 e. The Morgan fingerprint density at radius 1 is 0.534 bits per heavy atom. The maximum absolute atomic E-state index is 13.6. The van der Waals surface area contributed by atoms with Crippen molar-refractivity contribution in [3.05, 3.63) is 113 Å². The van der Waals surface area contributed by atoms with E-state index in [9.17, 15) is 77.6 Å². The van der Waals surface area contributed by atoms with Crippen molar-refractivity contribution in [2.75, 3.05) is 6.54 Å². The lowest BCUT2D eigenvalue weighted by Crippen LogP contribution is -2.51. The number of nitrogens with zero attached hydrogens (tertiary/aromatic N) is 1. The van der Waals surface area contributed by atoms with Gasteiger partial charge in [-0.25, -0.2) is 24.2 Å². The van der Waals surface area contributed by atoms with Crippen LogP contribution >= 0.6 is 0 Å². The number of fused-ring (bicyclic) bond motifs is 1. The van der Waals surface area contributed by atoms with Crippen molar-refractivity contribution < 1.29 is 82.7 Å². The molecular formula is C49H54FN7O16. The third kappa shape index (κ3) is 19.5. The fourth-order valence-corrected chi connectivity index (χ4v) is 7.30. The maximum atomic E-state index is 13.6. The number of halogens is 1. The Kier molecular flexibility index (Phi) is 21.9. The van der Waals surface area contributed by atoms with Gasteiger partial charge in [0.1, 0.15) is 30.0 Å². The summed E-state index contributed by atoms with van der Waals surface area (Å²) < 4.78 is 13.5. The number of urea groups is 1. The third-order valence-electron chi connectivity index (χ3n) is 11.2. The van der Waals surface area contributed by atoms with Crippen LogP contribution < -0.4 is 31.9 Å². The van der Waals surface area contributed by atoms with Crippen LogP contribution in [0.4, 0.5) is 9.18 Å². The minimum Gasteiger partial charge on any atom is -0.481 e. The molecule has 11 N–H and O–H groups in total. The summed E-state index contributed by atoms with van der Waals surface area (Å²) in [6.45, 7) is -0.126. The van der Waals surface area contributed by atoms with Gasteiger partial charge in [0, 0.05) is 62.2 Å². The lowest BCUT2D eigenvalue weighted by atomic mass is 9.94. The average Bonchev–Trinajstić information content (AvgIpc) is 3.34. The second kappa shape index (κ2) is 28.1. The lowest BCUT2D eigenvalue weighted by molar-refractivity contribution is -0.142. The number of amides is 6. The number of nitrogens with one attached hydrogen (secondary N) is 6. The Hall–Kier alpha value is -8.83. The van der Waals surface area contributed by atoms with Crippen molar-refractivity contribution in [1.29, 1.82) is 0 Å². The number of aliphatic carboxylic acids is 5. The molecule has 0 aliphatic carbocycles. The monoisotopic (exact) mass is 1010 g/mol. The van der Waals surface area contributed by atoms with E-state index in [4.69, 9.17) is 5.11 Å². The number of ketones is 1.